The van der Waals surface area contributed by atoms with Crippen LogP contribution in [0.5, 0.6) is 0 Å². The topological polar surface area (TPSA) is 29.0 Å². The van der Waals surface area contributed by atoms with Crippen LogP contribution in [0.4, 0.5) is 0 Å². The Morgan fingerprint density at radius 2 is 1.92 bits per heavy atom. The smallest absolute Gasteiger partial charge is 0.0705 e. The molecule has 0 aliphatic carbocycles. The molecule has 0 spiro atoms. The minimum atomic E-state index is 0.726. The molecule has 3 aromatic rings. The van der Waals surface area contributed by atoms with Crippen molar-refractivity contribution in [1.29, 1.82) is 0 Å². The zero-order valence-electron chi connectivity index (χ0n) is 16.0. The van der Waals surface area contributed by atoms with Gasteiger partial charge in [0.25, 0.3) is 0 Å². The largest absolute Gasteiger partial charge is 0.300 e. The number of hydrogen-bond donors (Lipinski definition) is 0. The molecule has 3 heterocycles. The fourth-order valence-corrected chi connectivity index (χ4v) is 4.05. The Balaban J connectivity index is 1.56. The first-order valence-corrected chi connectivity index (χ1v) is 9.68. The van der Waals surface area contributed by atoms with Crippen molar-refractivity contribution in [3.63, 3.8) is 0 Å². The minimum absolute atomic E-state index is 0.726. The summed E-state index contributed by atoms with van der Waals surface area (Å²) in [4.78, 5) is 12.1. The molecule has 1 aliphatic heterocycles. The van der Waals surface area contributed by atoms with Gasteiger partial charge >= 0.3 is 0 Å². The Bertz CT molecular complexity index is 932. The second kappa shape index (κ2) is 7.16. The van der Waals surface area contributed by atoms with Crippen LogP contribution in [-0.2, 0) is 6.42 Å². The number of rotatable bonds is 4. The summed E-state index contributed by atoms with van der Waals surface area (Å²) in [7, 11) is 0. The maximum atomic E-state index is 4.89. The lowest BCUT2D eigenvalue weighted by molar-refractivity contribution is 0.271. The van der Waals surface area contributed by atoms with Crippen molar-refractivity contribution >= 4 is 10.9 Å². The summed E-state index contributed by atoms with van der Waals surface area (Å²) >= 11 is 0. The van der Waals surface area contributed by atoms with Crippen molar-refractivity contribution in [2.45, 2.75) is 46.1 Å². The maximum Gasteiger partial charge on any atom is 0.0705 e. The summed E-state index contributed by atoms with van der Waals surface area (Å²) in [6.07, 6.45) is 3.70. The number of likely N-dealkylation sites (tertiary alicyclic amines) is 1. The van der Waals surface area contributed by atoms with E-state index in [4.69, 9.17) is 4.98 Å². The standard InChI is InChI=1S/C23H27N3/c1-16-6-10-22(18(3)24-16)19-8-11-23-20(15-19)7-9-21(25-23)12-14-26-13-4-5-17(26)2/h6-11,15,17H,4-5,12-14H2,1-3H3. The van der Waals surface area contributed by atoms with Gasteiger partial charge in [0.1, 0.15) is 0 Å². The summed E-state index contributed by atoms with van der Waals surface area (Å²) < 4.78 is 0. The van der Waals surface area contributed by atoms with E-state index in [0.29, 0.717) is 0 Å². The molecule has 2 aromatic heterocycles. The summed E-state index contributed by atoms with van der Waals surface area (Å²) in [6, 6.07) is 15.9. The Morgan fingerprint density at radius 3 is 2.69 bits per heavy atom. The average Bonchev–Trinajstić information content (AvgIpc) is 3.04. The SMILES string of the molecule is Cc1ccc(-c2ccc3nc(CCN4CCCC4C)ccc3c2)c(C)n1. The third-order valence-corrected chi connectivity index (χ3v) is 5.63. The monoisotopic (exact) mass is 345 g/mol. The van der Waals surface area contributed by atoms with Gasteiger partial charge in [-0.05, 0) is 70.0 Å². The molecule has 0 amide bonds. The van der Waals surface area contributed by atoms with Gasteiger partial charge in [-0.1, -0.05) is 18.2 Å². The molecule has 1 aliphatic rings. The highest BCUT2D eigenvalue weighted by atomic mass is 15.2. The molecule has 1 saturated heterocycles. The fourth-order valence-electron chi connectivity index (χ4n) is 4.05. The van der Waals surface area contributed by atoms with E-state index in [-0.39, 0.29) is 0 Å². The minimum Gasteiger partial charge on any atom is -0.300 e. The lowest BCUT2D eigenvalue weighted by Crippen LogP contribution is -2.29. The van der Waals surface area contributed by atoms with Crippen molar-refractivity contribution in [1.82, 2.24) is 14.9 Å². The van der Waals surface area contributed by atoms with Gasteiger partial charge in [0.05, 0.1) is 5.52 Å². The van der Waals surface area contributed by atoms with E-state index in [0.717, 1.165) is 35.9 Å². The Labute approximate surface area is 156 Å². The number of benzene rings is 1. The third-order valence-electron chi connectivity index (χ3n) is 5.63. The number of hydrogen-bond acceptors (Lipinski definition) is 3. The molecular formula is C23H27N3. The number of pyridine rings is 2. The van der Waals surface area contributed by atoms with Gasteiger partial charge in [-0.25, -0.2) is 0 Å². The molecule has 1 unspecified atom stereocenters. The molecular weight excluding hydrogens is 318 g/mol. The van der Waals surface area contributed by atoms with Crippen LogP contribution in [0, 0.1) is 13.8 Å². The number of aromatic nitrogens is 2. The highest BCUT2D eigenvalue weighted by molar-refractivity contribution is 5.85. The van der Waals surface area contributed by atoms with Gasteiger partial charge < -0.3 is 4.90 Å². The van der Waals surface area contributed by atoms with Gasteiger partial charge in [-0.3, -0.25) is 9.97 Å². The first kappa shape index (κ1) is 17.2. The molecule has 1 fully saturated rings. The van der Waals surface area contributed by atoms with Crippen LogP contribution in [0.2, 0.25) is 0 Å². The van der Waals surface area contributed by atoms with E-state index >= 15 is 0 Å². The molecule has 1 aromatic carbocycles. The predicted molar refractivity (Wildman–Crippen MR) is 108 cm³/mol. The molecule has 1 atom stereocenters. The van der Waals surface area contributed by atoms with E-state index in [1.54, 1.807) is 0 Å². The van der Waals surface area contributed by atoms with Crippen molar-refractivity contribution < 1.29 is 0 Å². The quantitative estimate of drug-likeness (QED) is 0.670. The van der Waals surface area contributed by atoms with Crippen molar-refractivity contribution in [2.24, 2.45) is 0 Å². The van der Waals surface area contributed by atoms with Gasteiger partial charge in [-0.2, -0.15) is 0 Å². The molecule has 26 heavy (non-hydrogen) atoms. The van der Waals surface area contributed by atoms with Crippen LogP contribution in [0.15, 0.2) is 42.5 Å². The van der Waals surface area contributed by atoms with E-state index < -0.39 is 0 Å². The zero-order chi connectivity index (χ0) is 18.1. The zero-order valence-corrected chi connectivity index (χ0v) is 16.0. The molecule has 134 valence electrons. The van der Waals surface area contributed by atoms with Gasteiger partial charge in [0.15, 0.2) is 0 Å². The molecule has 4 rings (SSSR count). The van der Waals surface area contributed by atoms with E-state index in [2.05, 4.69) is 66.2 Å². The molecule has 0 saturated carbocycles. The first-order chi connectivity index (χ1) is 12.6. The molecule has 0 radical (unpaired) electrons. The number of aryl methyl sites for hydroxylation is 2. The number of fused-ring (bicyclic) bond motifs is 1. The summed E-state index contributed by atoms with van der Waals surface area (Å²) in [5, 5.41) is 1.20. The maximum absolute atomic E-state index is 4.89. The van der Waals surface area contributed by atoms with Gasteiger partial charge in [-0.15, -0.1) is 0 Å². The Morgan fingerprint density at radius 1 is 1.04 bits per heavy atom. The molecule has 0 N–H and O–H groups in total. The van der Waals surface area contributed by atoms with Gasteiger partial charge in [0, 0.05) is 47.0 Å². The summed E-state index contributed by atoms with van der Waals surface area (Å²) in [5.74, 6) is 0. The van der Waals surface area contributed by atoms with E-state index in [1.165, 1.54) is 41.6 Å². The molecule has 3 heteroatoms. The van der Waals surface area contributed by atoms with Crippen molar-refractivity contribution in [3.05, 3.63) is 59.5 Å². The highest BCUT2D eigenvalue weighted by Gasteiger charge is 2.19. The normalized spacial score (nSPS) is 17.9. The average molecular weight is 345 g/mol. The van der Waals surface area contributed by atoms with Crippen LogP contribution in [0.1, 0.15) is 36.8 Å². The lowest BCUT2D eigenvalue weighted by Gasteiger charge is -2.20. The predicted octanol–water partition coefficient (Wildman–Crippen LogP) is 4.94. The fraction of sp³-hybridized carbons (Fsp3) is 0.391. The second-order valence-corrected chi connectivity index (χ2v) is 7.57. The Kier molecular flexibility index (Phi) is 4.73. The van der Waals surface area contributed by atoms with Gasteiger partial charge in [0.2, 0.25) is 0 Å². The van der Waals surface area contributed by atoms with E-state index in [9.17, 15) is 0 Å². The lowest BCUT2D eigenvalue weighted by atomic mass is 10.0. The third kappa shape index (κ3) is 3.49. The van der Waals surface area contributed by atoms with Crippen LogP contribution < -0.4 is 0 Å². The first-order valence-electron chi connectivity index (χ1n) is 9.68. The van der Waals surface area contributed by atoms with Crippen molar-refractivity contribution in [2.75, 3.05) is 13.1 Å². The second-order valence-electron chi connectivity index (χ2n) is 7.57. The Hall–Kier alpha value is -2.26. The van der Waals surface area contributed by atoms with Crippen LogP contribution >= 0.6 is 0 Å². The van der Waals surface area contributed by atoms with E-state index in [1.807, 2.05) is 6.92 Å². The summed E-state index contributed by atoms with van der Waals surface area (Å²) in [6.45, 7) is 8.80. The molecule has 3 nitrogen and oxygen atoms in total. The highest BCUT2D eigenvalue weighted by Crippen LogP contribution is 2.26. The van der Waals surface area contributed by atoms with Crippen LogP contribution in [0.25, 0.3) is 22.0 Å². The van der Waals surface area contributed by atoms with Crippen LogP contribution in [0.3, 0.4) is 0 Å². The summed E-state index contributed by atoms with van der Waals surface area (Å²) in [5.41, 5.74) is 6.82. The number of nitrogens with zero attached hydrogens (tertiary/aromatic N) is 3. The van der Waals surface area contributed by atoms with Crippen LogP contribution in [-0.4, -0.2) is 34.0 Å². The van der Waals surface area contributed by atoms with Crippen molar-refractivity contribution in [3.8, 4) is 11.1 Å². The molecule has 0 bridgehead atoms.